The SMILES string of the molecule is [Cl-].[Cl-].[Cl-].[Li+].[Li][C](=O)C=C.[Mg+2]. The summed E-state index contributed by atoms with van der Waals surface area (Å²) in [5.74, 6) is 0. The Morgan fingerprint density at radius 3 is 1.40 bits per heavy atom. The first-order valence-corrected chi connectivity index (χ1v) is 1.40. The molecule has 0 bridgehead atoms. The van der Waals surface area contributed by atoms with Gasteiger partial charge in [-0.25, -0.2) is 0 Å². The Labute approximate surface area is 117 Å². The van der Waals surface area contributed by atoms with Crippen molar-refractivity contribution >= 4 is 45.2 Å². The zero-order valence-electron chi connectivity index (χ0n) is 6.03. The quantitative estimate of drug-likeness (QED) is 0.303. The molecule has 0 N–H and O–H groups in total. The van der Waals surface area contributed by atoms with E-state index >= 15 is 0 Å². The summed E-state index contributed by atoms with van der Waals surface area (Å²) in [6.07, 6.45) is 1.28. The molecule has 0 aromatic carbocycles. The minimum Gasteiger partial charge on any atom is 2.00 e. The van der Waals surface area contributed by atoms with Crippen LogP contribution in [0.25, 0.3) is 0 Å². The van der Waals surface area contributed by atoms with E-state index in [2.05, 4.69) is 6.58 Å². The molecule has 46 valence electrons. The van der Waals surface area contributed by atoms with E-state index in [9.17, 15) is 4.79 Å². The minimum atomic E-state index is 0. The van der Waals surface area contributed by atoms with Gasteiger partial charge in [0.1, 0.15) is 0 Å². The number of allylic oxidation sites excluding steroid dienone is 1. The van der Waals surface area contributed by atoms with E-state index in [1.54, 1.807) is 0 Å². The van der Waals surface area contributed by atoms with E-state index in [0.29, 0.717) is 0 Å². The van der Waals surface area contributed by atoms with Crippen molar-refractivity contribution in [2.75, 3.05) is 0 Å². The second-order valence-corrected chi connectivity index (χ2v) is 0.815. The molecule has 0 aromatic rings. The van der Waals surface area contributed by atoms with Crippen LogP contribution in [0.4, 0.5) is 0 Å². The number of hydrogen-bond acceptors (Lipinski definition) is 1. The molecule has 7 heteroatoms. The Morgan fingerprint density at radius 2 is 1.40 bits per heavy atom. The van der Waals surface area contributed by atoms with E-state index in [0.717, 1.165) is 0 Å². The standard InChI is InChI=1S/C3H3O.3ClH.2Li.Mg/c1-2-3-4;;;;;;/h2H,1H2;3*1H;;;/q;;;;;+1;+2/p-3. The largest absolute Gasteiger partial charge is 2.00 e. The number of carbonyl (C=O) groups is 1. The number of hydrogen-bond donors (Lipinski definition) is 0. The van der Waals surface area contributed by atoms with E-state index in [4.69, 9.17) is 0 Å². The molecular formula is C3H3Cl3Li2MgO. The summed E-state index contributed by atoms with van der Waals surface area (Å²) in [7, 11) is 0. The molecular weight excluding hydrogens is 197 g/mol. The molecule has 0 spiro atoms. The second-order valence-electron chi connectivity index (χ2n) is 0.815. The fourth-order valence-corrected chi connectivity index (χ4v) is 0. The summed E-state index contributed by atoms with van der Waals surface area (Å²) in [6.45, 7) is 3.21. The van der Waals surface area contributed by atoms with Crippen molar-refractivity contribution in [2.24, 2.45) is 0 Å². The normalized spacial score (nSPS) is 3.40. The third kappa shape index (κ3) is 48.6. The van der Waals surface area contributed by atoms with Crippen LogP contribution in [0.5, 0.6) is 0 Å². The van der Waals surface area contributed by atoms with Crippen molar-refractivity contribution < 1.29 is 60.9 Å². The maximum absolute atomic E-state index is 9.69. The first-order chi connectivity index (χ1) is 2.27. The topological polar surface area (TPSA) is 17.1 Å². The first kappa shape index (κ1) is 39.7. The Hall–Kier alpha value is 2.24. The fraction of sp³-hybridized carbons (Fsp3) is 0. The van der Waals surface area contributed by atoms with Gasteiger partial charge in [-0.15, -0.1) is 0 Å². The molecule has 1 nitrogen and oxygen atoms in total. The van der Waals surface area contributed by atoms with Crippen molar-refractivity contribution in [1.82, 2.24) is 0 Å². The van der Waals surface area contributed by atoms with Crippen LogP contribution in [-0.2, 0) is 4.79 Å². The molecule has 0 saturated carbocycles. The maximum atomic E-state index is 9.69. The zero-order valence-corrected chi connectivity index (χ0v) is 9.72. The summed E-state index contributed by atoms with van der Waals surface area (Å²) in [5, 5.41) is 0. The van der Waals surface area contributed by atoms with Crippen LogP contribution >= 0.6 is 0 Å². The van der Waals surface area contributed by atoms with Crippen LogP contribution in [0.15, 0.2) is 12.7 Å². The van der Waals surface area contributed by atoms with Gasteiger partial charge < -0.3 is 37.2 Å². The van der Waals surface area contributed by atoms with Gasteiger partial charge in [-0.05, 0) is 0 Å². The molecule has 0 fully saturated rings. The van der Waals surface area contributed by atoms with Crippen molar-refractivity contribution in [2.45, 2.75) is 0 Å². The van der Waals surface area contributed by atoms with Crippen LogP contribution < -0.4 is 56.1 Å². The molecule has 0 amide bonds. The molecule has 0 unspecified atom stereocenters. The van der Waals surface area contributed by atoms with E-state index in [1.807, 2.05) is 0 Å². The van der Waals surface area contributed by atoms with Crippen LogP contribution in [0.3, 0.4) is 0 Å². The first-order valence-electron chi connectivity index (χ1n) is 1.40. The van der Waals surface area contributed by atoms with Gasteiger partial charge in [-0.3, -0.25) is 0 Å². The van der Waals surface area contributed by atoms with E-state index in [-0.39, 0.29) is 83.6 Å². The van der Waals surface area contributed by atoms with E-state index in [1.165, 1.54) is 23.8 Å². The van der Waals surface area contributed by atoms with Gasteiger partial charge in [0.05, 0.1) is 0 Å². The molecule has 10 heavy (non-hydrogen) atoms. The summed E-state index contributed by atoms with van der Waals surface area (Å²) in [4.78, 5) is 9.69. The third-order valence-corrected chi connectivity index (χ3v) is 0.287. The Bertz CT molecular complexity index is 72.8. The summed E-state index contributed by atoms with van der Waals surface area (Å²) in [5.41, 5.74) is 0. The molecule has 0 aromatic heterocycles. The molecule has 0 saturated heterocycles. The van der Waals surface area contributed by atoms with Gasteiger partial charge in [0, 0.05) is 0 Å². The van der Waals surface area contributed by atoms with Gasteiger partial charge in [0.15, 0.2) is 0 Å². The monoisotopic (exact) mass is 198 g/mol. The van der Waals surface area contributed by atoms with Gasteiger partial charge in [-0.2, -0.15) is 0 Å². The molecule has 0 aliphatic rings. The van der Waals surface area contributed by atoms with Crippen molar-refractivity contribution in [3.63, 3.8) is 0 Å². The molecule has 0 aliphatic heterocycles. The summed E-state index contributed by atoms with van der Waals surface area (Å²) >= 11 is 1.47. The van der Waals surface area contributed by atoms with Crippen LogP contribution in [0.2, 0.25) is 0 Å². The predicted octanol–water partition coefficient (Wildman–Crippen LogP) is -12.5. The number of carbonyl (C=O) groups excluding carboxylic acids is 1. The predicted molar refractivity (Wildman–Crippen MR) is 26.7 cm³/mol. The smallest absolute Gasteiger partial charge is 2.00 e. The maximum Gasteiger partial charge on any atom is 2.00 e. The minimum absolute atomic E-state index is 0. The molecule has 0 radical (unpaired) electrons. The molecule has 0 rings (SSSR count). The van der Waals surface area contributed by atoms with Gasteiger partial charge in [-0.1, -0.05) is 0 Å². The van der Waals surface area contributed by atoms with Crippen LogP contribution in [-0.4, -0.2) is 45.2 Å². The van der Waals surface area contributed by atoms with Gasteiger partial charge >= 0.3 is 81.5 Å². The number of rotatable bonds is 1. The Morgan fingerprint density at radius 1 is 1.30 bits per heavy atom. The number of halogens is 3. The van der Waals surface area contributed by atoms with Crippen LogP contribution in [0.1, 0.15) is 0 Å². The Balaban J connectivity index is -0.00000000800. The molecule has 0 heterocycles. The van der Waals surface area contributed by atoms with E-state index < -0.39 is 0 Å². The zero-order chi connectivity index (χ0) is 4.28. The average molecular weight is 200 g/mol. The van der Waals surface area contributed by atoms with Crippen molar-refractivity contribution in [1.29, 1.82) is 0 Å². The van der Waals surface area contributed by atoms with Gasteiger partial charge in [0.2, 0.25) is 0 Å². The van der Waals surface area contributed by atoms with Crippen molar-refractivity contribution in [3.8, 4) is 0 Å². The fourth-order valence-electron chi connectivity index (χ4n) is 0. The molecule has 0 atom stereocenters. The Kier molecular flexibility index (Phi) is 120. The van der Waals surface area contributed by atoms with Crippen LogP contribution in [0, 0.1) is 0 Å². The molecule has 0 aliphatic carbocycles. The summed E-state index contributed by atoms with van der Waals surface area (Å²) in [6, 6.07) is 0. The van der Waals surface area contributed by atoms with Gasteiger partial charge in [0.25, 0.3) is 0 Å². The third-order valence-electron chi connectivity index (χ3n) is 0.287. The second kappa shape index (κ2) is 30.3. The average Bonchev–Trinajstić information content (AvgIpc) is 1.38. The van der Waals surface area contributed by atoms with Crippen molar-refractivity contribution in [3.05, 3.63) is 12.7 Å². The summed E-state index contributed by atoms with van der Waals surface area (Å²) < 4.78 is 0.0185.